The average Bonchev–Trinajstić information content (AvgIpc) is 3.10. The Hall–Kier alpha value is -3.00. The summed E-state index contributed by atoms with van der Waals surface area (Å²) >= 11 is 1.33. The Balaban J connectivity index is 1.64. The summed E-state index contributed by atoms with van der Waals surface area (Å²) in [4.78, 5) is 16.4. The van der Waals surface area contributed by atoms with Gasteiger partial charge in [-0.25, -0.2) is 23.6 Å². The number of carbonyl (C=O) groups is 1. The van der Waals surface area contributed by atoms with E-state index in [0.717, 1.165) is 23.8 Å². The largest absolute Gasteiger partial charge is 0.273 e. The van der Waals surface area contributed by atoms with Crippen LogP contribution in [0.15, 0.2) is 52.9 Å². The zero-order valence-electron chi connectivity index (χ0n) is 14.2. The van der Waals surface area contributed by atoms with Gasteiger partial charge in [0.2, 0.25) is 5.91 Å². The topological polar surface area (TPSA) is 54.4 Å². The molecule has 0 saturated carbocycles. The quantitative estimate of drug-likeness (QED) is 0.522. The summed E-state index contributed by atoms with van der Waals surface area (Å²) in [6.07, 6.45) is -0.0277. The Morgan fingerprint density at radius 3 is 2.56 bits per heavy atom. The molecule has 2 aromatic carbocycles. The number of benzene rings is 2. The summed E-state index contributed by atoms with van der Waals surface area (Å²) in [5.41, 5.74) is 3.71. The molecule has 0 aliphatic carbocycles. The van der Waals surface area contributed by atoms with Crippen molar-refractivity contribution in [3.8, 4) is 10.6 Å². The van der Waals surface area contributed by atoms with Crippen LogP contribution in [0.2, 0.25) is 0 Å². The maximum Gasteiger partial charge on any atom is 0.246 e. The molecule has 0 saturated heterocycles. The number of carbonyl (C=O) groups excluding carboxylic acids is 1. The molecule has 138 valence electrons. The number of aromatic nitrogens is 1. The van der Waals surface area contributed by atoms with Crippen LogP contribution in [0.5, 0.6) is 0 Å². The molecule has 0 radical (unpaired) electrons. The van der Waals surface area contributed by atoms with Gasteiger partial charge in [0.1, 0.15) is 22.5 Å². The highest BCUT2D eigenvalue weighted by molar-refractivity contribution is 7.13. The minimum atomic E-state index is -0.629. The van der Waals surface area contributed by atoms with Crippen molar-refractivity contribution in [2.45, 2.75) is 13.3 Å². The third-order valence-corrected chi connectivity index (χ3v) is 4.59. The van der Waals surface area contributed by atoms with Crippen molar-refractivity contribution in [1.82, 2.24) is 10.4 Å². The van der Waals surface area contributed by atoms with E-state index in [1.807, 2.05) is 0 Å². The first-order valence-corrected chi connectivity index (χ1v) is 8.79. The minimum Gasteiger partial charge on any atom is -0.273 e. The highest BCUT2D eigenvalue weighted by atomic mass is 32.1. The van der Waals surface area contributed by atoms with Crippen LogP contribution in [-0.4, -0.2) is 16.6 Å². The molecular formula is C19H14F3N3OS. The van der Waals surface area contributed by atoms with E-state index in [1.54, 1.807) is 17.5 Å². The van der Waals surface area contributed by atoms with Gasteiger partial charge in [0, 0.05) is 16.5 Å². The van der Waals surface area contributed by atoms with E-state index in [2.05, 4.69) is 15.5 Å². The second-order valence-corrected chi connectivity index (χ2v) is 6.54. The number of halogens is 3. The SMILES string of the molecule is C/C(=N/NC(=O)Cc1csc(-c2ccc(F)cc2)n1)c1cc(F)ccc1F. The highest BCUT2D eigenvalue weighted by Crippen LogP contribution is 2.24. The molecule has 0 unspecified atom stereocenters. The summed E-state index contributed by atoms with van der Waals surface area (Å²) in [5, 5.41) is 6.20. The van der Waals surface area contributed by atoms with Gasteiger partial charge < -0.3 is 0 Å². The number of rotatable bonds is 5. The average molecular weight is 389 g/mol. The first-order valence-electron chi connectivity index (χ1n) is 7.91. The first kappa shape index (κ1) is 18.8. The van der Waals surface area contributed by atoms with Crippen LogP contribution < -0.4 is 5.43 Å². The van der Waals surface area contributed by atoms with Gasteiger partial charge in [-0.05, 0) is 49.4 Å². The van der Waals surface area contributed by atoms with E-state index >= 15 is 0 Å². The van der Waals surface area contributed by atoms with Gasteiger partial charge in [0.05, 0.1) is 17.8 Å². The third-order valence-electron chi connectivity index (χ3n) is 3.65. The first-order chi connectivity index (χ1) is 12.9. The van der Waals surface area contributed by atoms with Crippen molar-refractivity contribution in [3.63, 3.8) is 0 Å². The predicted octanol–water partition coefficient (Wildman–Crippen LogP) is 4.31. The normalized spacial score (nSPS) is 11.5. The monoisotopic (exact) mass is 389 g/mol. The van der Waals surface area contributed by atoms with Gasteiger partial charge in [-0.1, -0.05) is 0 Å². The number of hydrazone groups is 1. The summed E-state index contributed by atoms with van der Waals surface area (Å²) < 4.78 is 39.9. The van der Waals surface area contributed by atoms with E-state index < -0.39 is 17.5 Å². The van der Waals surface area contributed by atoms with E-state index in [4.69, 9.17) is 0 Å². The van der Waals surface area contributed by atoms with Crippen molar-refractivity contribution in [2.24, 2.45) is 5.10 Å². The number of nitrogens with one attached hydrogen (secondary N) is 1. The van der Waals surface area contributed by atoms with Crippen LogP contribution in [-0.2, 0) is 11.2 Å². The minimum absolute atomic E-state index is 0.0254. The molecule has 0 aliphatic rings. The van der Waals surface area contributed by atoms with Gasteiger partial charge in [-0.2, -0.15) is 5.10 Å². The lowest BCUT2D eigenvalue weighted by Crippen LogP contribution is -2.21. The van der Waals surface area contributed by atoms with Crippen molar-refractivity contribution < 1.29 is 18.0 Å². The van der Waals surface area contributed by atoms with Gasteiger partial charge in [-0.15, -0.1) is 11.3 Å². The molecule has 3 aromatic rings. The van der Waals surface area contributed by atoms with Crippen LogP contribution in [0.3, 0.4) is 0 Å². The molecule has 1 N–H and O–H groups in total. The van der Waals surface area contributed by atoms with Crippen molar-refractivity contribution in [3.05, 3.63) is 76.6 Å². The van der Waals surface area contributed by atoms with E-state index in [9.17, 15) is 18.0 Å². The molecule has 1 amide bonds. The molecule has 0 atom stereocenters. The summed E-state index contributed by atoms with van der Waals surface area (Å²) in [6, 6.07) is 8.91. The fourth-order valence-electron chi connectivity index (χ4n) is 2.30. The zero-order chi connectivity index (χ0) is 19.4. The number of amides is 1. The zero-order valence-corrected chi connectivity index (χ0v) is 15.0. The number of nitrogens with zero attached hydrogens (tertiary/aromatic N) is 2. The Labute approximate surface area is 157 Å². The number of thiazole rings is 1. The van der Waals surface area contributed by atoms with E-state index in [1.165, 1.54) is 30.4 Å². The Morgan fingerprint density at radius 2 is 1.81 bits per heavy atom. The van der Waals surface area contributed by atoms with Crippen molar-refractivity contribution in [1.29, 1.82) is 0 Å². The molecular weight excluding hydrogens is 375 g/mol. The highest BCUT2D eigenvalue weighted by Gasteiger charge is 2.11. The van der Waals surface area contributed by atoms with Crippen LogP contribution >= 0.6 is 11.3 Å². The predicted molar refractivity (Wildman–Crippen MR) is 97.9 cm³/mol. The second-order valence-electron chi connectivity index (χ2n) is 5.68. The van der Waals surface area contributed by atoms with E-state index in [0.29, 0.717) is 10.7 Å². The number of hydrogen-bond donors (Lipinski definition) is 1. The fourth-order valence-corrected chi connectivity index (χ4v) is 3.12. The number of hydrogen-bond acceptors (Lipinski definition) is 4. The Kier molecular flexibility index (Phi) is 5.66. The molecule has 0 bridgehead atoms. The van der Waals surface area contributed by atoms with Gasteiger partial charge in [-0.3, -0.25) is 4.79 Å². The summed E-state index contributed by atoms with van der Waals surface area (Å²) in [7, 11) is 0. The lowest BCUT2D eigenvalue weighted by molar-refractivity contribution is -0.120. The van der Waals surface area contributed by atoms with Crippen LogP contribution in [0.1, 0.15) is 18.2 Å². The smallest absolute Gasteiger partial charge is 0.246 e. The lowest BCUT2D eigenvalue weighted by atomic mass is 10.1. The lowest BCUT2D eigenvalue weighted by Gasteiger charge is -2.04. The molecule has 1 heterocycles. The van der Waals surface area contributed by atoms with Crippen molar-refractivity contribution >= 4 is 23.0 Å². The molecule has 0 aliphatic heterocycles. The molecule has 1 aromatic heterocycles. The van der Waals surface area contributed by atoms with Crippen LogP contribution in [0, 0.1) is 17.5 Å². The van der Waals surface area contributed by atoms with Gasteiger partial charge >= 0.3 is 0 Å². The Bertz CT molecular complexity index is 1000. The maximum absolute atomic E-state index is 13.7. The van der Waals surface area contributed by atoms with Gasteiger partial charge in [0.15, 0.2) is 0 Å². The third kappa shape index (κ3) is 4.79. The Morgan fingerprint density at radius 1 is 1.11 bits per heavy atom. The molecule has 0 spiro atoms. The fraction of sp³-hybridized carbons (Fsp3) is 0.105. The molecule has 0 fully saturated rings. The standard InChI is InChI=1S/C19H14F3N3OS/c1-11(16-8-14(21)6-7-17(16)22)24-25-18(26)9-15-10-27-19(23-15)12-2-4-13(20)5-3-12/h2-8,10H,9H2,1H3,(H,25,26)/b24-11-. The second kappa shape index (κ2) is 8.13. The molecule has 8 heteroatoms. The van der Waals surface area contributed by atoms with Crippen molar-refractivity contribution in [2.75, 3.05) is 0 Å². The van der Waals surface area contributed by atoms with Gasteiger partial charge in [0.25, 0.3) is 0 Å². The summed E-state index contributed by atoms with van der Waals surface area (Å²) in [6.45, 7) is 1.47. The molecule has 27 heavy (non-hydrogen) atoms. The van der Waals surface area contributed by atoms with E-state index in [-0.39, 0.29) is 23.5 Å². The van der Waals surface area contributed by atoms with Crippen LogP contribution in [0.25, 0.3) is 10.6 Å². The molecule has 4 nitrogen and oxygen atoms in total. The summed E-state index contributed by atoms with van der Waals surface area (Å²) in [5.74, 6) is -2.00. The maximum atomic E-state index is 13.7. The molecule has 3 rings (SSSR count). The van der Waals surface area contributed by atoms with Crippen LogP contribution in [0.4, 0.5) is 13.2 Å².